The topological polar surface area (TPSA) is 216 Å². The molecule has 3 aromatic carbocycles. The largest absolute Gasteiger partial charge is 0.493 e. The molecule has 0 spiro atoms. The number of aromatic nitrogens is 8. The highest BCUT2D eigenvalue weighted by atomic mass is 36.0. The molecule has 4 heterocycles. The van der Waals surface area contributed by atoms with Crippen LogP contribution in [-0.4, -0.2) is 69.4 Å². The molecule has 0 atom stereocenters. The van der Waals surface area contributed by atoms with Crippen molar-refractivity contribution in [2.45, 2.75) is 33.1 Å². The molecule has 4 aromatic heterocycles. The Hall–Kier alpha value is -4.64. The first-order valence-electron chi connectivity index (χ1n) is 17.9. The van der Waals surface area contributed by atoms with E-state index < -0.39 is 23.1 Å². The molecular formula is C38H34Cl7N8O8P. The number of aromatic amines is 2. The van der Waals surface area contributed by atoms with Crippen molar-refractivity contribution in [3.05, 3.63) is 154 Å². The Morgan fingerprint density at radius 1 is 0.661 bits per heavy atom. The van der Waals surface area contributed by atoms with Gasteiger partial charge < -0.3 is 14.6 Å². The summed E-state index contributed by atoms with van der Waals surface area (Å²) in [7, 11) is 0. The predicted octanol–water partition coefficient (Wildman–Crippen LogP) is 9.12. The molecule has 62 heavy (non-hydrogen) atoms. The van der Waals surface area contributed by atoms with Crippen molar-refractivity contribution in [2.75, 3.05) is 13.2 Å². The van der Waals surface area contributed by atoms with Crippen LogP contribution in [0.2, 0.25) is 20.2 Å². The van der Waals surface area contributed by atoms with Crippen LogP contribution < -0.4 is 11.1 Å². The van der Waals surface area contributed by atoms with Crippen molar-refractivity contribution >= 4 is 109 Å². The van der Waals surface area contributed by atoms with E-state index in [1.807, 2.05) is 12.1 Å². The standard InChI is InChI=1S/C14H17ClO4.C12H8Cl2N4O.C12H9ClN4O2.Cl3OP/c1-3-18-13(16)12(14(17)19-4-2)9-10-5-7-11(15)8-6-10;13-8-3-1-7(2-4-8)5-9-10(14)18-12(15-6-16-18)17-11(9)19;13-8-3-1-7(2-4-8)5-9-10(18)16-12-14-6-15-17(12)11(9)19;1-5(2,3)4/h5-8,12H,3-4,9H2,1-2H3;1-4,6H,5H2,(H,15,16,17,19);1-4,6,19H,5H2,(H,14,15,16,18);. The van der Waals surface area contributed by atoms with Gasteiger partial charge in [-0.3, -0.25) is 33.7 Å². The fraction of sp³-hybridized carbons (Fsp3) is 0.211. The second-order valence-corrected chi connectivity index (χ2v) is 20.7. The maximum atomic E-state index is 12.0. The second-order valence-electron chi connectivity index (χ2n) is 12.4. The predicted molar refractivity (Wildman–Crippen MR) is 239 cm³/mol. The Labute approximate surface area is 386 Å². The van der Waals surface area contributed by atoms with Crippen LogP contribution in [-0.2, 0) is 42.9 Å². The first-order chi connectivity index (χ1) is 29.4. The Kier molecular flexibility index (Phi) is 19.1. The summed E-state index contributed by atoms with van der Waals surface area (Å²) in [5.41, 5.74) is 2.67. The summed E-state index contributed by atoms with van der Waals surface area (Å²) < 4.78 is 21.9. The molecular weight excluding hydrogens is 976 g/mol. The van der Waals surface area contributed by atoms with Crippen LogP contribution in [0.5, 0.6) is 5.88 Å². The molecule has 0 unspecified atom stereocenters. The highest BCUT2D eigenvalue weighted by Gasteiger charge is 2.29. The van der Waals surface area contributed by atoms with Crippen LogP contribution in [0.25, 0.3) is 11.6 Å². The van der Waals surface area contributed by atoms with Crippen LogP contribution in [0.4, 0.5) is 0 Å². The van der Waals surface area contributed by atoms with E-state index in [9.17, 15) is 28.8 Å². The van der Waals surface area contributed by atoms with Crippen molar-refractivity contribution in [3.8, 4) is 5.88 Å². The molecule has 7 aromatic rings. The van der Waals surface area contributed by atoms with Crippen molar-refractivity contribution in [2.24, 2.45) is 5.92 Å². The lowest BCUT2D eigenvalue weighted by atomic mass is 9.99. The summed E-state index contributed by atoms with van der Waals surface area (Å²) in [5.74, 6) is -1.71. The molecule has 24 heteroatoms. The van der Waals surface area contributed by atoms with Crippen LogP contribution in [0.1, 0.15) is 41.7 Å². The van der Waals surface area contributed by atoms with Crippen LogP contribution in [0.15, 0.2) is 95.0 Å². The summed E-state index contributed by atoms with van der Waals surface area (Å²) in [4.78, 5) is 60.3. The number of hydrogen-bond acceptors (Lipinski definition) is 12. The van der Waals surface area contributed by atoms with Crippen molar-refractivity contribution < 1.29 is 28.7 Å². The van der Waals surface area contributed by atoms with E-state index in [1.54, 1.807) is 74.5 Å². The molecule has 16 nitrogen and oxygen atoms in total. The first kappa shape index (κ1) is 50.0. The Bertz CT molecular complexity index is 2600. The number of esters is 2. The number of nitrogens with one attached hydrogen (secondary N) is 2. The molecule has 0 amide bonds. The van der Waals surface area contributed by atoms with E-state index >= 15 is 0 Å². The number of nitrogens with zero attached hydrogens (tertiary/aromatic N) is 6. The van der Waals surface area contributed by atoms with E-state index in [0.29, 0.717) is 32.8 Å². The Morgan fingerprint density at radius 2 is 1.03 bits per heavy atom. The van der Waals surface area contributed by atoms with E-state index in [1.165, 1.54) is 21.7 Å². The molecule has 0 fully saturated rings. The van der Waals surface area contributed by atoms with Crippen LogP contribution in [0, 0.1) is 5.92 Å². The minimum absolute atomic E-state index is 0.203. The number of fused-ring (bicyclic) bond motifs is 2. The van der Waals surface area contributed by atoms with Gasteiger partial charge in [-0.2, -0.15) is 29.2 Å². The van der Waals surface area contributed by atoms with Gasteiger partial charge in [0.2, 0.25) is 17.4 Å². The molecule has 0 aliphatic carbocycles. The zero-order valence-corrected chi connectivity index (χ0v) is 38.5. The van der Waals surface area contributed by atoms with Gasteiger partial charge in [-0.25, -0.2) is 0 Å². The monoisotopic (exact) mass is 1010 g/mol. The second kappa shape index (κ2) is 23.7. The minimum atomic E-state index is -3.22. The van der Waals surface area contributed by atoms with Gasteiger partial charge in [-0.15, -0.1) is 0 Å². The molecule has 0 bridgehead atoms. The Morgan fingerprint density at radius 3 is 1.47 bits per heavy atom. The van der Waals surface area contributed by atoms with Crippen LogP contribution in [0.3, 0.4) is 0 Å². The molecule has 0 aliphatic rings. The van der Waals surface area contributed by atoms with E-state index in [0.717, 1.165) is 16.7 Å². The fourth-order valence-electron chi connectivity index (χ4n) is 5.29. The first-order valence-corrected chi connectivity index (χ1v) is 23.8. The van der Waals surface area contributed by atoms with Crippen molar-refractivity contribution in [3.63, 3.8) is 0 Å². The number of rotatable bonds is 10. The van der Waals surface area contributed by atoms with Gasteiger partial charge >= 0.3 is 17.1 Å². The average molecular weight is 1010 g/mol. The lowest BCUT2D eigenvalue weighted by Gasteiger charge is -2.14. The number of ether oxygens (including phenoxy) is 2. The number of halogens is 7. The summed E-state index contributed by atoms with van der Waals surface area (Å²) in [5, 5.41) is 16.8. The molecule has 328 valence electrons. The normalized spacial score (nSPS) is 10.9. The summed E-state index contributed by atoms with van der Waals surface area (Å²) in [6.07, 6.45) is 3.53. The maximum absolute atomic E-state index is 12.0. The number of benzene rings is 3. The quantitative estimate of drug-likeness (QED) is 0.0506. The van der Waals surface area contributed by atoms with Crippen molar-refractivity contribution in [1.29, 1.82) is 0 Å². The molecule has 7 rings (SSSR count). The lowest BCUT2D eigenvalue weighted by molar-refractivity contribution is -0.161. The minimum Gasteiger partial charge on any atom is -0.493 e. The van der Waals surface area contributed by atoms with Gasteiger partial charge in [0.25, 0.3) is 11.1 Å². The zero-order valence-electron chi connectivity index (χ0n) is 32.3. The van der Waals surface area contributed by atoms with Gasteiger partial charge in [0, 0.05) is 27.9 Å². The number of hydrogen-bond donors (Lipinski definition) is 3. The van der Waals surface area contributed by atoms with Gasteiger partial charge in [0.1, 0.15) is 17.8 Å². The number of H-pyrrole nitrogens is 2. The third-order valence-corrected chi connectivity index (χ3v) is 9.23. The lowest BCUT2D eigenvalue weighted by Crippen LogP contribution is -2.30. The molecule has 0 saturated heterocycles. The fourth-order valence-corrected chi connectivity index (χ4v) is 5.94. The molecule has 0 aliphatic heterocycles. The summed E-state index contributed by atoms with van der Waals surface area (Å²) in [6, 6.07) is 21.3. The summed E-state index contributed by atoms with van der Waals surface area (Å²) >= 11 is 37.4. The number of aromatic hydroxyl groups is 1. The molecule has 3 N–H and O–H groups in total. The smallest absolute Gasteiger partial charge is 0.339 e. The van der Waals surface area contributed by atoms with Gasteiger partial charge in [-0.1, -0.05) is 82.8 Å². The van der Waals surface area contributed by atoms with Crippen LogP contribution >= 0.6 is 85.3 Å². The van der Waals surface area contributed by atoms with Gasteiger partial charge in [-0.05, 0) is 107 Å². The zero-order chi connectivity index (χ0) is 45.6. The Balaban J connectivity index is 0.000000194. The van der Waals surface area contributed by atoms with Gasteiger partial charge in [0.15, 0.2) is 5.92 Å². The van der Waals surface area contributed by atoms with Gasteiger partial charge in [0.05, 0.1) is 24.3 Å². The third-order valence-electron chi connectivity index (χ3n) is 8.08. The van der Waals surface area contributed by atoms with E-state index in [-0.39, 0.29) is 59.5 Å². The van der Waals surface area contributed by atoms with E-state index in [2.05, 4.69) is 63.9 Å². The summed E-state index contributed by atoms with van der Waals surface area (Å²) in [6.45, 7) is 3.86. The molecule has 0 radical (unpaired) electrons. The number of carbonyl (C=O) groups excluding carboxylic acids is 2. The molecule has 0 saturated carbocycles. The van der Waals surface area contributed by atoms with Crippen molar-refractivity contribution in [1.82, 2.24) is 39.2 Å². The SMILES string of the molecule is CCOC(=O)C(Cc1ccc(Cl)cc1)C(=O)OCC.O=P(Cl)(Cl)Cl.O=c1[nH]c2ncnn2c(Cl)c1Cc1ccc(Cl)cc1.O=c1[nH]c2ncnn2c(O)c1Cc1ccc(Cl)cc1. The van der Waals surface area contributed by atoms with E-state index in [4.69, 9.17) is 55.9 Å². The third kappa shape index (κ3) is 15.3. The highest BCUT2D eigenvalue weighted by Crippen LogP contribution is 2.61. The highest BCUT2D eigenvalue weighted by molar-refractivity contribution is 8.24. The number of carbonyl (C=O) groups is 2. The average Bonchev–Trinajstić information content (AvgIpc) is 3.89. The maximum Gasteiger partial charge on any atom is 0.339 e.